The lowest BCUT2D eigenvalue weighted by Crippen LogP contribution is -2.31. The third kappa shape index (κ3) is 4.80. The van der Waals surface area contributed by atoms with Crippen LogP contribution in [0.5, 0.6) is 0 Å². The molecule has 0 saturated carbocycles. The first-order valence-corrected chi connectivity index (χ1v) is 8.65. The average molecular weight is 379 g/mol. The molecule has 2 heterocycles. The second kappa shape index (κ2) is 8.29. The number of nitrogens with zero attached hydrogens (tertiary/aromatic N) is 3. The molecule has 0 radical (unpaired) electrons. The van der Waals surface area contributed by atoms with Gasteiger partial charge < -0.3 is 19.9 Å². The van der Waals surface area contributed by atoms with Gasteiger partial charge in [-0.05, 0) is 30.7 Å². The SMILES string of the molecule is NC(=O)CO[C@H]1CCN(C(=O)CCc2nc(-c3ccc(Cl)cc3)no2)C1. The number of likely N-dealkylation sites (tertiary alicyclic amines) is 1. The van der Waals surface area contributed by atoms with Gasteiger partial charge in [0.2, 0.25) is 23.5 Å². The number of hydrogen-bond donors (Lipinski definition) is 1. The molecule has 2 N–H and O–H groups in total. The van der Waals surface area contributed by atoms with E-state index in [1.165, 1.54) is 0 Å². The molecule has 138 valence electrons. The van der Waals surface area contributed by atoms with E-state index in [0.717, 1.165) is 5.56 Å². The first-order valence-electron chi connectivity index (χ1n) is 8.27. The quantitative estimate of drug-likeness (QED) is 0.779. The number of aromatic nitrogens is 2. The molecule has 1 atom stereocenters. The fourth-order valence-corrected chi connectivity index (χ4v) is 2.86. The lowest BCUT2D eigenvalue weighted by Gasteiger charge is -2.16. The standard InChI is InChI=1S/C17H19ClN4O4/c18-12-3-1-11(2-4-12)17-20-15(26-21-17)5-6-16(24)22-8-7-13(9-22)25-10-14(19)23/h1-4,13H,5-10H2,(H2,19,23)/t13-/m0/s1. The molecule has 3 rings (SSSR count). The van der Waals surface area contributed by atoms with Crippen molar-refractivity contribution in [2.75, 3.05) is 19.7 Å². The van der Waals surface area contributed by atoms with Crippen LogP contribution in [0.15, 0.2) is 28.8 Å². The number of nitrogens with two attached hydrogens (primary N) is 1. The van der Waals surface area contributed by atoms with Gasteiger partial charge in [-0.2, -0.15) is 4.98 Å². The maximum atomic E-state index is 12.3. The molecule has 1 aliphatic heterocycles. The maximum Gasteiger partial charge on any atom is 0.243 e. The van der Waals surface area contributed by atoms with E-state index < -0.39 is 5.91 Å². The van der Waals surface area contributed by atoms with Gasteiger partial charge >= 0.3 is 0 Å². The van der Waals surface area contributed by atoms with Crippen LogP contribution < -0.4 is 5.73 Å². The Kier molecular flexibility index (Phi) is 5.85. The molecular formula is C17H19ClN4O4. The molecule has 0 bridgehead atoms. The van der Waals surface area contributed by atoms with E-state index in [2.05, 4.69) is 10.1 Å². The molecular weight excluding hydrogens is 360 g/mol. The first kappa shape index (κ1) is 18.3. The van der Waals surface area contributed by atoms with Crippen molar-refractivity contribution in [3.05, 3.63) is 35.2 Å². The van der Waals surface area contributed by atoms with Gasteiger partial charge in [-0.15, -0.1) is 0 Å². The summed E-state index contributed by atoms with van der Waals surface area (Å²) in [4.78, 5) is 29.0. The molecule has 1 aromatic heterocycles. The minimum atomic E-state index is -0.511. The van der Waals surface area contributed by atoms with Gasteiger partial charge in [-0.1, -0.05) is 16.8 Å². The number of halogens is 1. The van der Waals surface area contributed by atoms with Crippen LogP contribution in [-0.4, -0.2) is 52.7 Å². The molecule has 0 aliphatic carbocycles. The summed E-state index contributed by atoms with van der Waals surface area (Å²) in [6.45, 7) is 0.941. The van der Waals surface area contributed by atoms with Crippen molar-refractivity contribution in [2.45, 2.75) is 25.4 Å². The summed E-state index contributed by atoms with van der Waals surface area (Å²) in [5, 5.41) is 4.56. The van der Waals surface area contributed by atoms with Crippen molar-refractivity contribution < 1.29 is 18.8 Å². The minimum Gasteiger partial charge on any atom is -0.368 e. The lowest BCUT2D eigenvalue weighted by molar-refractivity contribution is -0.130. The Morgan fingerprint density at radius 3 is 2.85 bits per heavy atom. The molecule has 1 saturated heterocycles. The van der Waals surface area contributed by atoms with Gasteiger partial charge in [0.05, 0.1) is 6.10 Å². The number of benzene rings is 1. The van der Waals surface area contributed by atoms with E-state index in [1.807, 2.05) is 0 Å². The van der Waals surface area contributed by atoms with Gasteiger partial charge in [-0.3, -0.25) is 9.59 Å². The normalized spacial score (nSPS) is 16.8. The molecule has 8 nitrogen and oxygen atoms in total. The smallest absolute Gasteiger partial charge is 0.243 e. The van der Waals surface area contributed by atoms with E-state index >= 15 is 0 Å². The fourth-order valence-electron chi connectivity index (χ4n) is 2.74. The Morgan fingerprint density at radius 1 is 1.35 bits per heavy atom. The molecule has 0 unspecified atom stereocenters. The topological polar surface area (TPSA) is 112 Å². The summed E-state index contributed by atoms with van der Waals surface area (Å²) in [7, 11) is 0. The zero-order valence-corrected chi connectivity index (χ0v) is 14.8. The van der Waals surface area contributed by atoms with Crippen LogP contribution in [0.4, 0.5) is 0 Å². The number of aryl methyl sites for hydroxylation is 1. The largest absolute Gasteiger partial charge is 0.368 e. The zero-order chi connectivity index (χ0) is 18.5. The summed E-state index contributed by atoms with van der Waals surface area (Å²) in [6.07, 6.45) is 1.18. The highest BCUT2D eigenvalue weighted by Gasteiger charge is 2.27. The predicted molar refractivity (Wildman–Crippen MR) is 93.2 cm³/mol. The number of primary amides is 1. The number of rotatable bonds is 7. The summed E-state index contributed by atoms with van der Waals surface area (Å²) in [6, 6.07) is 7.11. The summed E-state index contributed by atoms with van der Waals surface area (Å²) in [5.74, 6) is 0.346. The van der Waals surface area contributed by atoms with Crippen LogP contribution in [0.1, 0.15) is 18.7 Å². The van der Waals surface area contributed by atoms with Crippen molar-refractivity contribution in [1.82, 2.24) is 15.0 Å². The van der Waals surface area contributed by atoms with Crippen LogP contribution in [0, 0.1) is 0 Å². The molecule has 0 spiro atoms. The summed E-state index contributed by atoms with van der Waals surface area (Å²) < 4.78 is 10.6. The zero-order valence-electron chi connectivity index (χ0n) is 14.1. The second-order valence-electron chi connectivity index (χ2n) is 6.05. The maximum absolute atomic E-state index is 12.3. The average Bonchev–Trinajstić information content (AvgIpc) is 3.28. The summed E-state index contributed by atoms with van der Waals surface area (Å²) in [5.41, 5.74) is 5.85. The van der Waals surface area contributed by atoms with Crippen LogP contribution in [-0.2, 0) is 20.7 Å². The van der Waals surface area contributed by atoms with E-state index in [1.54, 1.807) is 29.2 Å². The molecule has 2 amide bonds. The fraction of sp³-hybridized carbons (Fsp3) is 0.412. The summed E-state index contributed by atoms with van der Waals surface area (Å²) >= 11 is 5.86. The third-order valence-corrected chi connectivity index (χ3v) is 4.33. The van der Waals surface area contributed by atoms with E-state index in [-0.39, 0.29) is 25.0 Å². The minimum absolute atomic E-state index is 0.0126. The van der Waals surface area contributed by atoms with Crippen molar-refractivity contribution in [3.8, 4) is 11.4 Å². The highest BCUT2D eigenvalue weighted by atomic mass is 35.5. The van der Waals surface area contributed by atoms with Gasteiger partial charge in [0.25, 0.3) is 0 Å². The highest BCUT2D eigenvalue weighted by molar-refractivity contribution is 6.30. The van der Waals surface area contributed by atoms with Crippen LogP contribution >= 0.6 is 11.6 Å². The van der Waals surface area contributed by atoms with Crippen LogP contribution in [0.2, 0.25) is 5.02 Å². The van der Waals surface area contributed by atoms with Crippen molar-refractivity contribution in [1.29, 1.82) is 0 Å². The third-order valence-electron chi connectivity index (χ3n) is 4.08. The van der Waals surface area contributed by atoms with Crippen molar-refractivity contribution >= 4 is 23.4 Å². The molecule has 2 aromatic rings. The Morgan fingerprint density at radius 2 is 2.12 bits per heavy atom. The van der Waals surface area contributed by atoms with Gasteiger partial charge in [-0.25, -0.2) is 0 Å². The van der Waals surface area contributed by atoms with E-state index in [0.29, 0.717) is 42.7 Å². The Balaban J connectivity index is 1.48. The molecule has 1 aromatic carbocycles. The number of carbonyl (C=O) groups excluding carboxylic acids is 2. The first-order chi connectivity index (χ1) is 12.5. The highest BCUT2D eigenvalue weighted by Crippen LogP contribution is 2.19. The van der Waals surface area contributed by atoms with E-state index in [9.17, 15) is 9.59 Å². The Labute approximate surface area is 155 Å². The monoisotopic (exact) mass is 378 g/mol. The van der Waals surface area contributed by atoms with Gasteiger partial charge in [0.15, 0.2) is 0 Å². The molecule has 9 heteroatoms. The Bertz CT molecular complexity index is 777. The van der Waals surface area contributed by atoms with Crippen molar-refractivity contribution in [3.63, 3.8) is 0 Å². The van der Waals surface area contributed by atoms with Gasteiger partial charge in [0.1, 0.15) is 6.61 Å². The predicted octanol–water partition coefficient (Wildman–Crippen LogP) is 1.43. The Hall–Kier alpha value is -2.45. The van der Waals surface area contributed by atoms with Gasteiger partial charge in [0, 0.05) is 36.5 Å². The van der Waals surface area contributed by atoms with Crippen molar-refractivity contribution in [2.24, 2.45) is 5.73 Å². The van der Waals surface area contributed by atoms with Crippen LogP contribution in [0.25, 0.3) is 11.4 Å². The molecule has 1 fully saturated rings. The van der Waals surface area contributed by atoms with Crippen LogP contribution in [0.3, 0.4) is 0 Å². The molecule has 26 heavy (non-hydrogen) atoms. The number of hydrogen-bond acceptors (Lipinski definition) is 6. The number of amides is 2. The number of carbonyl (C=O) groups is 2. The number of ether oxygens (including phenoxy) is 1. The second-order valence-corrected chi connectivity index (χ2v) is 6.48. The molecule has 1 aliphatic rings. The lowest BCUT2D eigenvalue weighted by atomic mass is 10.2. The van der Waals surface area contributed by atoms with E-state index in [4.69, 9.17) is 26.6 Å².